The summed E-state index contributed by atoms with van der Waals surface area (Å²) in [5.41, 5.74) is -1.72. The van der Waals surface area contributed by atoms with Gasteiger partial charge in [-0.3, -0.25) is 9.59 Å². The van der Waals surface area contributed by atoms with Crippen LogP contribution in [-0.4, -0.2) is 32.0 Å². The molecule has 0 amide bonds. The van der Waals surface area contributed by atoms with Gasteiger partial charge in [-0.05, 0) is 65.7 Å². The summed E-state index contributed by atoms with van der Waals surface area (Å²) in [5, 5.41) is 45.2. The van der Waals surface area contributed by atoms with E-state index in [4.69, 9.17) is 0 Å². The van der Waals surface area contributed by atoms with Crippen molar-refractivity contribution in [2.75, 3.05) is 0 Å². The molecule has 2 rings (SSSR count). The van der Waals surface area contributed by atoms with Crippen LogP contribution in [0.25, 0.3) is 0 Å². The molecule has 1 atom stereocenters. The molecule has 1 aliphatic carbocycles. The lowest BCUT2D eigenvalue weighted by Gasteiger charge is -2.41. The average molecular weight is 489 g/mol. The number of aromatic hydroxyl groups is 3. The highest BCUT2D eigenvalue weighted by Gasteiger charge is 2.55. The Kier molecular flexibility index (Phi) is 8.73. The number of hydrogen-bond donors (Lipinski definition) is 4. The molecule has 0 aromatic heterocycles. The summed E-state index contributed by atoms with van der Waals surface area (Å²) in [7, 11) is 0. The predicted molar refractivity (Wildman–Crippen MR) is 138 cm³/mol. The Bertz CT molecular complexity index is 977. The molecule has 0 bridgehead atoms. The summed E-state index contributed by atoms with van der Waals surface area (Å²) in [6, 6.07) is 0. The zero-order valence-corrected chi connectivity index (χ0v) is 22.7. The minimum atomic E-state index is -1.36. The summed E-state index contributed by atoms with van der Waals surface area (Å²) in [6.45, 7) is 14.3. The molecule has 196 valence electrons. The molecule has 0 fully saturated rings. The van der Waals surface area contributed by atoms with Crippen molar-refractivity contribution in [2.45, 2.75) is 106 Å². The number of aliphatic hydroxyl groups excluding tert-OH is 1. The van der Waals surface area contributed by atoms with Crippen LogP contribution in [0.3, 0.4) is 0 Å². The van der Waals surface area contributed by atoms with Crippen molar-refractivity contribution in [1.29, 1.82) is 0 Å². The molecule has 4 N–H and O–H groups in total. The van der Waals surface area contributed by atoms with Crippen LogP contribution in [0.1, 0.15) is 110 Å². The zero-order chi connectivity index (χ0) is 26.9. The first-order valence-electron chi connectivity index (χ1n) is 13.0. The Hall–Kier alpha value is -2.50. The molecule has 35 heavy (non-hydrogen) atoms. The SMILES string of the molecule is CCCCc1c(O)c(CCCC)c(O)c(C(CC(C)C)C2=C(O)C(C)(C)C(=O)C(C)(C)C2=O)c1O. The highest BCUT2D eigenvalue weighted by atomic mass is 16.3. The number of Topliss-reactive ketones (excluding diaryl/α,β-unsaturated/α-hetero) is 2. The van der Waals surface area contributed by atoms with Gasteiger partial charge in [-0.15, -0.1) is 0 Å². The molecular formula is C29H44O6. The van der Waals surface area contributed by atoms with Crippen LogP contribution in [0.5, 0.6) is 17.2 Å². The van der Waals surface area contributed by atoms with E-state index in [-0.39, 0.29) is 45.8 Å². The Morgan fingerprint density at radius 3 is 1.60 bits per heavy atom. The molecule has 6 nitrogen and oxygen atoms in total. The Morgan fingerprint density at radius 2 is 1.20 bits per heavy atom. The molecule has 0 aliphatic heterocycles. The summed E-state index contributed by atoms with van der Waals surface area (Å²) in [5.74, 6) is -2.54. The first kappa shape index (κ1) is 28.7. The molecule has 1 aliphatic rings. The van der Waals surface area contributed by atoms with E-state index in [1.54, 1.807) is 27.7 Å². The molecule has 6 heteroatoms. The van der Waals surface area contributed by atoms with E-state index in [0.717, 1.165) is 25.7 Å². The summed E-state index contributed by atoms with van der Waals surface area (Å²) >= 11 is 0. The number of aliphatic hydroxyl groups is 1. The summed E-state index contributed by atoms with van der Waals surface area (Å²) in [4.78, 5) is 26.8. The van der Waals surface area contributed by atoms with E-state index in [1.165, 1.54) is 0 Å². The Labute approximate surface area is 210 Å². The number of unbranched alkanes of at least 4 members (excludes halogenated alkanes) is 2. The molecular weight excluding hydrogens is 444 g/mol. The van der Waals surface area contributed by atoms with Crippen LogP contribution < -0.4 is 0 Å². The summed E-state index contributed by atoms with van der Waals surface area (Å²) < 4.78 is 0. The molecule has 0 saturated heterocycles. The van der Waals surface area contributed by atoms with Crippen molar-refractivity contribution in [1.82, 2.24) is 0 Å². The Balaban J connectivity index is 2.96. The van der Waals surface area contributed by atoms with Crippen LogP contribution in [-0.2, 0) is 22.4 Å². The van der Waals surface area contributed by atoms with Gasteiger partial charge < -0.3 is 20.4 Å². The number of ketones is 2. The zero-order valence-electron chi connectivity index (χ0n) is 22.7. The monoisotopic (exact) mass is 488 g/mol. The lowest BCUT2D eigenvalue weighted by molar-refractivity contribution is -0.144. The van der Waals surface area contributed by atoms with Crippen LogP contribution in [0.4, 0.5) is 0 Å². The van der Waals surface area contributed by atoms with Gasteiger partial charge in [0, 0.05) is 28.2 Å². The number of phenolic OH excluding ortho intramolecular Hbond substituents is 3. The van der Waals surface area contributed by atoms with E-state index in [1.807, 2.05) is 27.7 Å². The molecule has 1 unspecified atom stereocenters. The van der Waals surface area contributed by atoms with Crippen molar-refractivity contribution in [3.63, 3.8) is 0 Å². The fourth-order valence-corrected chi connectivity index (χ4v) is 5.30. The predicted octanol–water partition coefficient (Wildman–Crippen LogP) is 6.63. The van der Waals surface area contributed by atoms with Gasteiger partial charge in [-0.2, -0.15) is 0 Å². The molecule has 0 heterocycles. The van der Waals surface area contributed by atoms with Gasteiger partial charge in [0.15, 0.2) is 11.6 Å². The number of rotatable bonds is 10. The van der Waals surface area contributed by atoms with Gasteiger partial charge in [0.25, 0.3) is 0 Å². The van der Waals surface area contributed by atoms with Gasteiger partial charge in [-0.1, -0.05) is 40.5 Å². The molecule has 1 aromatic carbocycles. The van der Waals surface area contributed by atoms with Crippen LogP contribution >= 0.6 is 0 Å². The van der Waals surface area contributed by atoms with E-state index in [9.17, 15) is 30.0 Å². The van der Waals surface area contributed by atoms with Crippen LogP contribution in [0.2, 0.25) is 0 Å². The van der Waals surface area contributed by atoms with Crippen LogP contribution in [0, 0.1) is 16.7 Å². The maximum atomic E-state index is 13.7. The molecule has 0 saturated carbocycles. The number of benzene rings is 1. The third kappa shape index (κ3) is 5.07. The van der Waals surface area contributed by atoms with Crippen molar-refractivity contribution in [2.24, 2.45) is 16.7 Å². The maximum Gasteiger partial charge on any atom is 0.175 e. The van der Waals surface area contributed by atoms with E-state index in [2.05, 4.69) is 0 Å². The largest absolute Gasteiger partial charge is 0.511 e. The van der Waals surface area contributed by atoms with Crippen molar-refractivity contribution in [3.05, 3.63) is 28.0 Å². The highest BCUT2D eigenvalue weighted by Crippen LogP contribution is 2.54. The van der Waals surface area contributed by atoms with E-state index < -0.39 is 22.5 Å². The minimum Gasteiger partial charge on any atom is -0.511 e. The smallest absolute Gasteiger partial charge is 0.175 e. The number of phenols is 3. The van der Waals surface area contributed by atoms with Crippen molar-refractivity contribution >= 4 is 11.6 Å². The highest BCUT2D eigenvalue weighted by molar-refractivity contribution is 6.19. The third-order valence-corrected chi connectivity index (χ3v) is 7.41. The van der Waals surface area contributed by atoms with Gasteiger partial charge in [-0.25, -0.2) is 0 Å². The second-order valence-corrected chi connectivity index (χ2v) is 11.5. The molecule has 1 aromatic rings. The van der Waals surface area contributed by atoms with Gasteiger partial charge in [0.05, 0.1) is 10.8 Å². The van der Waals surface area contributed by atoms with Gasteiger partial charge in [0.2, 0.25) is 0 Å². The lowest BCUT2D eigenvalue weighted by atomic mass is 9.60. The summed E-state index contributed by atoms with van der Waals surface area (Å²) in [6.07, 6.45) is 4.36. The third-order valence-electron chi connectivity index (χ3n) is 7.41. The fraction of sp³-hybridized carbons (Fsp3) is 0.655. The maximum absolute atomic E-state index is 13.7. The standard InChI is InChI=1S/C29H44O6/c1-9-11-13-17-22(30)18(14-12-10-2)24(32)20(23(17)31)19(15-16(3)4)21-25(33)28(5,6)27(35)29(7,8)26(21)34/h16,19,30-33H,9-15H2,1-8H3. The fourth-order valence-electron chi connectivity index (χ4n) is 5.30. The first-order valence-corrected chi connectivity index (χ1v) is 13.0. The Morgan fingerprint density at radius 1 is 0.743 bits per heavy atom. The first-order chi connectivity index (χ1) is 16.2. The number of hydrogen-bond acceptors (Lipinski definition) is 6. The molecule has 0 radical (unpaired) electrons. The van der Waals surface area contributed by atoms with Crippen molar-refractivity contribution in [3.8, 4) is 17.2 Å². The number of carbonyl (C=O) groups excluding carboxylic acids is 2. The van der Waals surface area contributed by atoms with Gasteiger partial charge >= 0.3 is 0 Å². The normalized spacial score (nSPS) is 18.4. The quantitative estimate of drug-likeness (QED) is 0.275. The van der Waals surface area contributed by atoms with E-state index >= 15 is 0 Å². The van der Waals surface area contributed by atoms with E-state index in [0.29, 0.717) is 30.4 Å². The van der Waals surface area contributed by atoms with Crippen molar-refractivity contribution < 1.29 is 30.0 Å². The number of carbonyl (C=O) groups is 2. The topological polar surface area (TPSA) is 115 Å². The molecule has 0 spiro atoms. The average Bonchev–Trinajstić information content (AvgIpc) is 2.77. The minimum absolute atomic E-state index is 0.0442. The lowest BCUT2D eigenvalue weighted by Crippen LogP contribution is -2.49. The number of allylic oxidation sites excluding steroid dienone is 2. The second-order valence-electron chi connectivity index (χ2n) is 11.5. The van der Waals surface area contributed by atoms with Crippen LogP contribution in [0.15, 0.2) is 11.3 Å². The second kappa shape index (κ2) is 10.6. The van der Waals surface area contributed by atoms with Gasteiger partial charge in [0.1, 0.15) is 23.0 Å².